The minimum atomic E-state index is -0.128. The molecule has 0 aromatic carbocycles. The molecule has 4 nitrogen and oxygen atoms in total. The van der Waals surface area contributed by atoms with Crippen molar-refractivity contribution in [2.45, 2.75) is 40.2 Å². The van der Waals surface area contributed by atoms with Gasteiger partial charge in [0.2, 0.25) is 5.91 Å². The Bertz CT molecular complexity index is 193. The lowest BCUT2D eigenvalue weighted by atomic mass is 10.0. The first-order chi connectivity index (χ1) is 7.45. The van der Waals surface area contributed by atoms with Crippen molar-refractivity contribution in [1.82, 2.24) is 5.32 Å². The number of nitrogens with one attached hydrogen (secondary N) is 1. The third-order valence-corrected chi connectivity index (χ3v) is 2.42. The van der Waals surface area contributed by atoms with Gasteiger partial charge in [-0.2, -0.15) is 0 Å². The number of rotatable bonds is 8. The average molecular weight is 230 g/mol. The van der Waals surface area contributed by atoms with E-state index in [4.69, 9.17) is 10.5 Å². The van der Waals surface area contributed by atoms with E-state index in [0.29, 0.717) is 19.1 Å². The molecule has 3 N–H and O–H groups in total. The molecule has 2 unspecified atom stereocenters. The highest BCUT2D eigenvalue weighted by Gasteiger charge is 2.15. The Hall–Kier alpha value is -0.610. The van der Waals surface area contributed by atoms with Gasteiger partial charge in [0.1, 0.15) is 0 Å². The van der Waals surface area contributed by atoms with Gasteiger partial charge in [0.05, 0.1) is 0 Å². The van der Waals surface area contributed by atoms with E-state index in [1.165, 1.54) is 0 Å². The highest BCUT2D eigenvalue weighted by atomic mass is 16.5. The van der Waals surface area contributed by atoms with Crippen molar-refractivity contribution >= 4 is 5.91 Å². The van der Waals surface area contributed by atoms with Crippen molar-refractivity contribution in [3.05, 3.63) is 0 Å². The summed E-state index contributed by atoms with van der Waals surface area (Å²) in [6.45, 7) is 10.1. The standard InChI is InChI=1S/C12H26N2O2/c1-9(2)8-16-7-5-6-14-12(15)10(3)11(4)13/h9-11H,5-8,13H2,1-4H3,(H,14,15). The van der Waals surface area contributed by atoms with Crippen molar-refractivity contribution < 1.29 is 9.53 Å². The summed E-state index contributed by atoms with van der Waals surface area (Å²) >= 11 is 0. The second kappa shape index (κ2) is 8.53. The van der Waals surface area contributed by atoms with Gasteiger partial charge in [0, 0.05) is 31.7 Å². The van der Waals surface area contributed by atoms with E-state index >= 15 is 0 Å². The largest absolute Gasteiger partial charge is 0.381 e. The smallest absolute Gasteiger partial charge is 0.224 e. The Morgan fingerprint density at radius 3 is 2.44 bits per heavy atom. The minimum Gasteiger partial charge on any atom is -0.381 e. The maximum absolute atomic E-state index is 11.5. The predicted octanol–water partition coefficient (Wildman–Crippen LogP) is 1.15. The zero-order valence-electron chi connectivity index (χ0n) is 11.0. The normalized spacial score (nSPS) is 14.9. The van der Waals surface area contributed by atoms with Gasteiger partial charge >= 0.3 is 0 Å². The molecule has 0 saturated heterocycles. The van der Waals surface area contributed by atoms with Crippen molar-refractivity contribution in [3.63, 3.8) is 0 Å². The average Bonchev–Trinajstić information content (AvgIpc) is 2.21. The zero-order valence-corrected chi connectivity index (χ0v) is 11.0. The monoisotopic (exact) mass is 230 g/mol. The Morgan fingerprint density at radius 1 is 1.31 bits per heavy atom. The third kappa shape index (κ3) is 7.65. The molecule has 0 aromatic rings. The third-order valence-electron chi connectivity index (χ3n) is 2.42. The van der Waals surface area contributed by atoms with Gasteiger partial charge in [0.15, 0.2) is 0 Å². The lowest BCUT2D eigenvalue weighted by Crippen LogP contribution is -2.39. The first kappa shape index (κ1) is 15.4. The number of nitrogens with two attached hydrogens (primary N) is 1. The number of carbonyl (C=O) groups is 1. The fourth-order valence-corrected chi connectivity index (χ4v) is 1.10. The molecule has 0 aliphatic rings. The summed E-state index contributed by atoms with van der Waals surface area (Å²) in [5.74, 6) is 0.461. The van der Waals surface area contributed by atoms with Crippen LogP contribution in [0.5, 0.6) is 0 Å². The van der Waals surface area contributed by atoms with Gasteiger partial charge in [0.25, 0.3) is 0 Å². The summed E-state index contributed by atoms with van der Waals surface area (Å²) in [6.07, 6.45) is 0.851. The van der Waals surface area contributed by atoms with Crippen LogP contribution in [0.3, 0.4) is 0 Å². The van der Waals surface area contributed by atoms with E-state index in [1.54, 1.807) is 0 Å². The van der Waals surface area contributed by atoms with Gasteiger partial charge in [-0.05, 0) is 19.3 Å². The van der Waals surface area contributed by atoms with E-state index < -0.39 is 0 Å². The summed E-state index contributed by atoms with van der Waals surface area (Å²) in [4.78, 5) is 11.5. The molecule has 0 aliphatic carbocycles. The molecule has 4 heteroatoms. The fraction of sp³-hybridized carbons (Fsp3) is 0.917. The molecule has 1 amide bonds. The maximum atomic E-state index is 11.5. The van der Waals surface area contributed by atoms with Crippen molar-refractivity contribution in [1.29, 1.82) is 0 Å². The van der Waals surface area contributed by atoms with Crippen LogP contribution < -0.4 is 11.1 Å². The Labute approximate surface area is 98.9 Å². The molecular weight excluding hydrogens is 204 g/mol. The molecule has 0 spiro atoms. The van der Waals surface area contributed by atoms with E-state index in [-0.39, 0.29) is 17.9 Å². The van der Waals surface area contributed by atoms with Crippen LogP contribution in [0.4, 0.5) is 0 Å². The molecular formula is C12H26N2O2. The SMILES string of the molecule is CC(C)COCCCNC(=O)C(C)C(C)N. The lowest BCUT2D eigenvalue weighted by Gasteiger charge is -2.15. The predicted molar refractivity (Wildman–Crippen MR) is 66.1 cm³/mol. The summed E-state index contributed by atoms with van der Waals surface area (Å²) in [5, 5.41) is 2.85. The van der Waals surface area contributed by atoms with Gasteiger partial charge in [-0.25, -0.2) is 0 Å². The van der Waals surface area contributed by atoms with Gasteiger partial charge < -0.3 is 15.8 Å². The number of carbonyl (C=O) groups excluding carboxylic acids is 1. The highest BCUT2D eigenvalue weighted by Crippen LogP contribution is 1.99. The molecule has 16 heavy (non-hydrogen) atoms. The summed E-state index contributed by atoms with van der Waals surface area (Å²) < 4.78 is 5.41. The molecule has 0 aliphatic heterocycles. The van der Waals surface area contributed by atoms with Crippen LogP contribution >= 0.6 is 0 Å². The topological polar surface area (TPSA) is 64.3 Å². The van der Waals surface area contributed by atoms with Gasteiger partial charge in [-0.15, -0.1) is 0 Å². The highest BCUT2D eigenvalue weighted by molar-refractivity contribution is 5.78. The number of hydrogen-bond acceptors (Lipinski definition) is 3. The van der Waals surface area contributed by atoms with Gasteiger partial charge in [-0.3, -0.25) is 4.79 Å². The van der Waals surface area contributed by atoms with E-state index in [9.17, 15) is 4.79 Å². The lowest BCUT2D eigenvalue weighted by molar-refractivity contribution is -0.124. The molecule has 0 fully saturated rings. The van der Waals surface area contributed by atoms with Crippen LogP contribution in [-0.4, -0.2) is 31.7 Å². The van der Waals surface area contributed by atoms with Crippen molar-refractivity contribution in [3.8, 4) is 0 Å². The van der Waals surface area contributed by atoms with Crippen LogP contribution in [0.1, 0.15) is 34.1 Å². The maximum Gasteiger partial charge on any atom is 0.224 e. The molecule has 0 radical (unpaired) electrons. The van der Waals surface area contributed by atoms with E-state index in [2.05, 4.69) is 19.2 Å². The quantitative estimate of drug-likeness (QED) is 0.615. The molecule has 0 aromatic heterocycles. The number of amides is 1. The number of ether oxygens (including phenoxy) is 1. The van der Waals surface area contributed by atoms with E-state index in [1.807, 2.05) is 13.8 Å². The van der Waals surface area contributed by atoms with Gasteiger partial charge in [-0.1, -0.05) is 20.8 Å². The summed E-state index contributed by atoms with van der Waals surface area (Å²) in [5.41, 5.74) is 5.64. The van der Waals surface area contributed by atoms with Crippen LogP contribution in [0, 0.1) is 11.8 Å². The number of hydrogen-bond donors (Lipinski definition) is 2. The first-order valence-electron chi connectivity index (χ1n) is 6.06. The first-order valence-corrected chi connectivity index (χ1v) is 6.06. The zero-order chi connectivity index (χ0) is 12.6. The molecule has 2 atom stereocenters. The van der Waals surface area contributed by atoms with Crippen LogP contribution in [0.15, 0.2) is 0 Å². The molecule has 0 saturated carbocycles. The van der Waals surface area contributed by atoms with E-state index in [0.717, 1.165) is 13.0 Å². The van der Waals surface area contributed by atoms with Crippen molar-refractivity contribution in [2.24, 2.45) is 17.6 Å². The minimum absolute atomic E-state index is 0.0267. The second-order valence-electron chi connectivity index (χ2n) is 4.76. The molecule has 0 rings (SSSR count). The molecule has 0 bridgehead atoms. The summed E-state index contributed by atoms with van der Waals surface area (Å²) in [6, 6.07) is -0.0998. The summed E-state index contributed by atoms with van der Waals surface area (Å²) in [7, 11) is 0. The Kier molecular flexibility index (Phi) is 8.21. The van der Waals surface area contributed by atoms with Crippen LogP contribution in [0.2, 0.25) is 0 Å². The molecule has 96 valence electrons. The van der Waals surface area contributed by atoms with Crippen molar-refractivity contribution in [2.75, 3.05) is 19.8 Å². The van der Waals surface area contributed by atoms with Crippen LogP contribution in [-0.2, 0) is 9.53 Å². The van der Waals surface area contributed by atoms with Crippen LogP contribution in [0.25, 0.3) is 0 Å². The second-order valence-corrected chi connectivity index (χ2v) is 4.76. The Morgan fingerprint density at radius 2 is 1.94 bits per heavy atom. The fourth-order valence-electron chi connectivity index (χ4n) is 1.10. The Balaban J connectivity index is 3.41. The molecule has 0 heterocycles.